The molecule has 20 heavy (non-hydrogen) atoms. The maximum Gasteiger partial charge on any atom is 0.299 e. The van der Waals surface area contributed by atoms with E-state index in [0.29, 0.717) is 11.4 Å². The number of thiophene rings is 1. The van der Waals surface area contributed by atoms with E-state index in [-0.39, 0.29) is 5.56 Å². The molecular formula is C14H12N4OS. The number of hydrogen-bond donors (Lipinski definition) is 1. The van der Waals surface area contributed by atoms with Crippen LogP contribution in [-0.2, 0) is 0 Å². The third kappa shape index (κ3) is 2.33. The third-order valence-electron chi connectivity index (χ3n) is 2.81. The first-order chi connectivity index (χ1) is 9.75. The van der Waals surface area contributed by atoms with Crippen LogP contribution in [0.15, 0.2) is 62.9 Å². The fourth-order valence-corrected chi connectivity index (χ4v) is 2.38. The first kappa shape index (κ1) is 12.6. The highest BCUT2D eigenvalue weighted by molar-refractivity contribution is 7.13. The van der Waals surface area contributed by atoms with Crippen LogP contribution in [0.1, 0.15) is 5.69 Å². The van der Waals surface area contributed by atoms with Crippen LogP contribution in [0.3, 0.4) is 0 Å². The van der Waals surface area contributed by atoms with E-state index < -0.39 is 0 Å². The minimum absolute atomic E-state index is 0.200. The van der Waals surface area contributed by atoms with Gasteiger partial charge in [-0.1, -0.05) is 18.2 Å². The number of aromatic amines is 1. The van der Waals surface area contributed by atoms with Crippen molar-refractivity contribution in [2.75, 3.05) is 0 Å². The SMILES string of the molecule is Cc1[nH]n(-c2ccccc2)c(=O)c1N=Nc1cccs1. The fraction of sp³-hybridized carbons (Fsp3) is 0.0714. The second kappa shape index (κ2) is 5.26. The number of nitrogens with one attached hydrogen (secondary N) is 1. The number of H-pyrrole nitrogens is 1. The summed E-state index contributed by atoms with van der Waals surface area (Å²) in [6.07, 6.45) is 0. The zero-order valence-electron chi connectivity index (χ0n) is 10.8. The fourth-order valence-electron chi connectivity index (χ4n) is 1.84. The van der Waals surface area contributed by atoms with Crippen molar-refractivity contribution < 1.29 is 0 Å². The van der Waals surface area contributed by atoms with Crippen LogP contribution in [-0.4, -0.2) is 9.78 Å². The Balaban J connectivity index is 2.02. The van der Waals surface area contributed by atoms with Gasteiger partial charge in [0.05, 0.1) is 11.4 Å². The Morgan fingerprint density at radius 3 is 2.60 bits per heavy atom. The Hall–Kier alpha value is -2.47. The largest absolute Gasteiger partial charge is 0.299 e. The van der Waals surface area contributed by atoms with Crippen molar-refractivity contribution in [3.63, 3.8) is 0 Å². The van der Waals surface area contributed by atoms with E-state index >= 15 is 0 Å². The van der Waals surface area contributed by atoms with Gasteiger partial charge in [0.2, 0.25) is 0 Å². The second-order valence-electron chi connectivity index (χ2n) is 4.21. The lowest BCUT2D eigenvalue weighted by Crippen LogP contribution is -2.13. The van der Waals surface area contributed by atoms with Crippen LogP contribution in [0.2, 0.25) is 0 Å². The summed E-state index contributed by atoms with van der Waals surface area (Å²) in [5.74, 6) is 0. The molecule has 0 unspecified atom stereocenters. The van der Waals surface area contributed by atoms with Crippen molar-refractivity contribution in [3.05, 3.63) is 63.9 Å². The van der Waals surface area contributed by atoms with E-state index in [4.69, 9.17) is 0 Å². The van der Waals surface area contributed by atoms with Crippen molar-refractivity contribution >= 4 is 22.0 Å². The molecule has 5 nitrogen and oxygen atoms in total. The first-order valence-corrected chi connectivity index (χ1v) is 6.96. The molecule has 1 aromatic carbocycles. The second-order valence-corrected chi connectivity index (χ2v) is 5.14. The van der Waals surface area contributed by atoms with E-state index in [1.54, 1.807) is 0 Å². The highest BCUT2D eigenvalue weighted by Crippen LogP contribution is 2.22. The molecule has 2 heterocycles. The van der Waals surface area contributed by atoms with Gasteiger partial charge in [-0.25, -0.2) is 4.68 Å². The minimum atomic E-state index is -0.200. The summed E-state index contributed by atoms with van der Waals surface area (Å²) in [4.78, 5) is 12.3. The molecule has 0 spiro atoms. The molecule has 6 heteroatoms. The molecule has 0 saturated carbocycles. The number of benzene rings is 1. The normalized spacial score (nSPS) is 11.2. The molecule has 3 aromatic rings. The highest BCUT2D eigenvalue weighted by Gasteiger charge is 2.11. The van der Waals surface area contributed by atoms with E-state index in [9.17, 15) is 4.79 Å². The van der Waals surface area contributed by atoms with E-state index in [0.717, 1.165) is 10.7 Å². The average Bonchev–Trinajstić information content (AvgIpc) is 3.07. The van der Waals surface area contributed by atoms with Gasteiger partial charge in [0.1, 0.15) is 5.00 Å². The van der Waals surface area contributed by atoms with Gasteiger partial charge in [0, 0.05) is 0 Å². The van der Waals surface area contributed by atoms with Crippen LogP contribution >= 0.6 is 11.3 Å². The van der Waals surface area contributed by atoms with Gasteiger partial charge in [-0.2, -0.15) is 0 Å². The molecule has 0 aliphatic rings. The number of rotatable bonds is 3. The van der Waals surface area contributed by atoms with E-state index in [1.165, 1.54) is 16.0 Å². The number of aromatic nitrogens is 2. The van der Waals surface area contributed by atoms with E-state index in [2.05, 4.69) is 15.3 Å². The minimum Gasteiger partial charge on any atom is -0.293 e. The van der Waals surface area contributed by atoms with Crippen LogP contribution in [0.25, 0.3) is 5.69 Å². The number of aryl methyl sites for hydroxylation is 1. The number of para-hydroxylation sites is 1. The molecular weight excluding hydrogens is 272 g/mol. The lowest BCUT2D eigenvalue weighted by atomic mass is 10.3. The summed E-state index contributed by atoms with van der Waals surface area (Å²) in [6, 6.07) is 13.1. The smallest absolute Gasteiger partial charge is 0.293 e. The van der Waals surface area contributed by atoms with Crippen LogP contribution in [0, 0.1) is 6.92 Å². The molecule has 0 fully saturated rings. The molecule has 0 bridgehead atoms. The maximum absolute atomic E-state index is 12.3. The number of azo groups is 1. The summed E-state index contributed by atoms with van der Waals surface area (Å²) in [5, 5.41) is 13.8. The highest BCUT2D eigenvalue weighted by atomic mass is 32.1. The van der Waals surface area contributed by atoms with Crippen molar-refractivity contribution in [2.24, 2.45) is 10.2 Å². The third-order valence-corrected chi connectivity index (χ3v) is 3.56. The summed E-state index contributed by atoms with van der Waals surface area (Å²) in [5.41, 5.74) is 1.61. The van der Waals surface area contributed by atoms with Gasteiger partial charge in [0.15, 0.2) is 5.69 Å². The molecule has 0 atom stereocenters. The van der Waals surface area contributed by atoms with Crippen LogP contribution < -0.4 is 5.56 Å². The number of hydrogen-bond acceptors (Lipinski definition) is 4. The Morgan fingerprint density at radius 2 is 1.90 bits per heavy atom. The molecule has 100 valence electrons. The molecule has 3 rings (SSSR count). The monoisotopic (exact) mass is 284 g/mol. The van der Waals surface area contributed by atoms with Crippen LogP contribution in [0.4, 0.5) is 10.7 Å². The zero-order chi connectivity index (χ0) is 13.9. The van der Waals surface area contributed by atoms with Crippen molar-refractivity contribution in [1.82, 2.24) is 9.78 Å². The lowest BCUT2D eigenvalue weighted by Gasteiger charge is -1.99. The van der Waals surface area contributed by atoms with Crippen molar-refractivity contribution in [3.8, 4) is 5.69 Å². The quantitative estimate of drug-likeness (QED) is 0.727. The summed E-state index contributed by atoms with van der Waals surface area (Å²) >= 11 is 1.48. The molecule has 2 aromatic heterocycles. The van der Waals surface area contributed by atoms with Crippen molar-refractivity contribution in [2.45, 2.75) is 6.92 Å². The predicted octanol–water partition coefficient (Wildman–Crippen LogP) is 3.95. The Morgan fingerprint density at radius 1 is 1.10 bits per heavy atom. The van der Waals surface area contributed by atoms with Gasteiger partial charge in [-0.3, -0.25) is 9.89 Å². The molecule has 0 saturated heterocycles. The van der Waals surface area contributed by atoms with Gasteiger partial charge in [0.25, 0.3) is 5.56 Å². The number of nitrogens with zero attached hydrogens (tertiary/aromatic N) is 3. The molecule has 1 N–H and O–H groups in total. The summed E-state index contributed by atoms with van der Waals surface area (Å²) in [6.45, 7) is 1.81. The average molecular weight is 284 g/mol. The molecule has 0 amide bonds. The molecule has 0 aliphatic carbocycles. The zero-order valence-corrected chi connectivity index (χ0v) is 11.6. The van der Waals surface area contributed by atoms with Gasteiger partial charge in [-0.15, -0.1) is 21.6 Å². The van der Waals surface area contributed by atoms with Crippen LogP contribution in [0.5, 0.6) is 0 Å². The Kier molecular flexibility index (Phi) is 3.30. The van der Waals surface area contributed by atoms with Crippen molar-refractivity contribution in [1.29, 1.82) is 0 Å². The Bertz CT molecular complexity index is 784. The van der Waals surface area contributed by atoms with E-state index in [1.807, 2.05) is 54.8 Å². The maximum atomic E-state index is 12.3. The Labute approximate surface area is 119 Å². The molecule has 0 radical (unpaired) electrons. The summed E-state index contributed by atoms with van der Waals surface area (Å²) < 4.78 is 1.47. The molecule has 0 aliphatic heterocycles. The lowest BCUT2D eigenvalue weighted by molar-refractivity contribution is 0.835. The first-order valence-electron chi connectivity index (χ1n) is 6.08. The van der Waals surface area contributed by atoms with Gasteiger partial charge < -0.3 is 0 Å². The van der Waals surface area contributed by atoms with Gasteiger partial charge in [-0.05, 0) is 36.6 Å². The summed E-state index contributed by atoms with van der Waals surface area (Å²) in [7, 11) is 0. The predicted molar refractivity (Wildman–Crippen MR) is 79.6 cm³/mol. The standard InChI is InChI=1S/C14H12N4OS/c1-10-13(16-15-12-8-5-9-20-12)14(19)18(17-10)11-6-3-2-4-7-11/h2-9,17H,1H3. The topological polar surface area (TPSA) is 62.5 Å². The van der Waals surface area contributed by atoms with Gasteiger partial charge >= 0.3 is 0 Å².